The van der Waals surface area contributed by atoms with Crippen molar-refractivity contribution in [3.8, 4) is 0 Å². The molecule has 0 aromatic carbocycles. The van der Waals surface area contributed by atoms with E-state index in [0.717, 1.165) is 17.9 Å². The maximum absolute atomic E-state index is 3.79. The largest absolute Gasteiger partial charge is 0.313 e. The Morgan fingerprint density at radius 3 is 2.44 bits per heavy atom. The van der Waals surface area contributed by atoms with Gasteiger partial charge >= 0.3 is 0 Å². The van der Waals surface area contributed by atoms with E-state index in [1.165, 1.54) is 84.0 Å². The zero-order valence-electron chi connectivity index (χ0n) is 11.9. The molecule has 3 atom stereocenters. The molecule has 18 heavy (non-hydrogen) atoms. The minimum Gasteiger partial charge on any atom is -0.313 e. The fourth-order valence-electron chi connectivity index (χ4n) is 4.43. The molecule has 3 rings (SSSR count). The zero-order chi connectivity index (χ0) is 12.2. The normalized spacial score (nSPS) is 39.0. The molecule has 0 aromatic heterocycles. The number of hydrogen-bond acceptors (Lipinski definition) is 2. The van der Waals surface area contributed by atoms with Gasteiger partial charge in [-0.3, -0.25) is 0 Å². The van der Waals surface area contributed by atoms with Gasteiger partial charge in [-0.1, -0.05) is 25.7 Å². The lowest BCUT2D eigenvalue weighted by atomic mass is 9.78. The summed E-state index contributed by atoms with van der Waals surface area (Å²) >= 11 is 0. The van der Waals surface area contributed by atoms with E-state index in [-0.39, 0.29) is 0 Å². The van der Waals surface area contributed by atoms with Crippen LogP contribution < -0.4 is 5.32 Å². The van der Waals surface area contributed by atoms with Gasteiger partial charge in [-0.25, -0.2) is 0 Å². The summed E-state index contributed by atoms with van der Waals surface area (Å²) in [6, 6.07) is 0.782. The Morgan fingerprint density at radius 2 is 1.61 bits per heavy atom. The highest BCUT2D eigenvalue weighted by atomic mass is 15.2. The third kappa shape index (κ3) is 3.48. The summed E-state index contributed by atoms with van der Waals surface area (Å²) in [4.78, 5) is 2.79. The van der Waals surface area contributed by atoms with Crippen LogP contribution in [0.2, 0.25) is 0 Å². The van der Waals surface area contributed by atoms with Crippen molar-refractivity contribution < 1.29 is 0 Å². The molecule has 3 aliphatic rings. The molecular weight excluding hydrogens is 220 g/mol. The highest BCUT2D eigenvalue weighted by Crippen LogP contribution is 2.34. The number of likely N-dealkylation sites (tertiary alicyclic amines) is 1. The van der Waals surface area contributed by atoms with E-state index in [4.69, 9.17) is 0 Å². The maximum atomic E-state index is 3.79. The predicted molar refractivity (Wildman–Crippen MR) is 76.8 cm³/mol. The smallest absolute Gasteiger partial charge is 0.0195 e. The molecule has 0 amide bonds. The van der Waals surface area contributed by atoms with Crippen LogP contribution in [-0.4, -0.2) is 37.1 Å². The maximum Gasteiger partial charge on any atom is 0.0195 e. The van der Waals surface area contributed by atoms with E-state index < -0.39 is 0 Å². The zero-order valence-corrected chi connectivity index (χ0v) is 11.9. The first-order valence-corrected chi connectivity index (χ1v) is 8.36. The Hall–Kier alpha value is -0.0800. The highest BCUT2D eigenvalue weighted by Gasteiger charge is 2.31. The Morgan fingerprint density at radius 1 is 0.833 bits per heavy atom. The monoisotopic (exact) mass is 250 g/mol. The molecule has 2 bridgehead atoms. The van der Waals surface area contributed by atoms with Crippen LogP contribution in [0.4, 0.5) is 0 Å². The molecule has 0 spiro atoms. The van der Waals surface area contributed by atoms with Gasteiger partial charge in [0.05, 0.1) is 0 Å². The van der Waals surface area contributed by atoms with Crippen molar-refractivity contribution in [1.29, 1.82) is 0 Å². The summed E-state index contributed by atoms with van der Waals surface area (Å²) < 4.78 is 0. The Bertz CT molecular complexity index is 233. The van der Waals surface area contributed by atoms with Crippen molar-refractivity contribution in [3.63, 3.8) is 0 Å². The quantitative estimate of drug-likeness (QED) is 0.810. The summed E-state index contributed by atoms with van der Waals surface area (Å²) in [6.45, 7) is 5.38. The predicted octanol–water partition coefficient (Wildman–Crippen LogP) is 3.03. The molecule has 1 saturated carbocycles. The Labute approximate surface area is 113 Å². The van der Waals surface area contributed by atoms with E-state index >= 15 is 0 Å². The van der Waals surface area contributed by atoms with Gasteiger partial charge in [-0.05, 0) is 50.5 Å². The second-order valence-corrected chi connectivity index (χ2v) is 6.97. The van der Waals surface area contributed by atoms with E-state index in [0.29, 0.717) is 0 Å². The molecule has 0 radical (unpaired) electrons. The van der Waals surface area contributed by atoms with Gasteiger partial charge in [0.25, 0.3) is 0 Å². The van der Waals surface area contributed by atoms with Crippen LogP contribution in [0.3, 0.4) is 0 Å². The third-order valence-electron chi connectivity index (χ3n) is 5.32. The van der Waals surface area contributed by atoms with E-state index in [1.54, 1.807) is 0 Å². The number of nitrogens with one attached hydrogen (secondary N) is 1. The van der Waals surface area contributed by atoms with Crippen LogP contribution in [0, 0.1) is 11.8 Å². The van der Waals surface area contributed by atoms with Gasteiger partial charge in [0.2, 0.25) is 0 Å². The lowest BCUT2D eigenvalue weighted by Crippen LogP contribution is -2.49. The molecule has 2 aliphatic heterocycles. The first kappa shape index (κ1) is 12.9. The fourth-order valence-corrected chi connectivity index (χ4v) is 4.43. The molecule has 2 saturated heterocycles. The molecule has 2 heterocycles. The second-order valence-electron chi connectivity index (χ2n) is 6.97. The number of hydrogen-bond donors (Lipinski definition) is 1. The number of rotatable bonds is 2. The topological polar surface area (TPSA) is 15.3 Å². The number of nitrogens with zero attached hydrogens (tertiary/aromatic N) is 1. The van der Waals surface area contributed by atoms with E-state index in [1.807, 2.05) is 0 Å². The lowest BCUT2D eigenvalue weighted by molar-refractivity contribution is 0.0767. The van der Waals surface area contributed by atoms with E-state index in [2.05, 4.69) is 10.2 Å². The Balaban J connectivity index is 1.48. The summed E-state index contributed by atoms with van der Waals surface area (Å²) in [6.07, 6.45) is 13.2. The van der Waals surface area contributed by atoms with Crippen molar-refractivity contribution in [2.24, 2.45) is 11.8 Å². The average Bonchev–Trinajstić information content (AvgIpc) is 2.32. The van der Waals surface area contributed by atoms with Gasteiger partial charge in [0, 0.05) is 25.7 Å². The third-order valence-corrected chi connectivity index (χ3v) is 5.32. The fraction of sp³-hybridized carbons (Fsp3) is 1.00. The molecule has 2 nitrogen and oxygen atoms in total. The average molecular weight is 250 g/mol. The molecular formula is C16H30N2. The summed E-state index contributed by atoms with van der Waals surface area (Å²) in [5.74, 6) is 2.07. The van der Waals surface area contributed by atoms with Crippen molar-refractivity contribution in [2.75, 3.05) is 26.2 Å². The van der Waals surface area contributed by atoms with Crippen molar-refractivity contribution >= 4 is 0 Å². The minimum absolute atomic E-state index is 0.782. The van der Waals surface area contributed by atoms with Crippen LogP contribution in [0.25, 0.3) is 0 Å². The van der Waals surface area contributed by atoms with Crippen LogP contribution >= 0.6 is 0 Å². The van der Waals surface area contributed by atoms with Crippen molar-refractivity contribution in [2.45, 2.75) is 63.8 Å². The highest BCUT2D eigenvalue weighted by molar-refractivity contribution is 4.85. The number of piperidine rings is 1. The molecule has 104 valence electrons. The molecule has 2 heteroatoms. The van der Waals surface area contributed by atoms with Crippen LogP contribution in [-0.2, 0) is 0 Å². The first-order chi connectivity index (χ1) is 8.90. The Kier molecular flexibility index (Phi) is 4.58. The SMILES string of the molecule is C1CCCC(CN2CC3CCCC(C3)C2)NCC1. The second kappa shape index (κ2) is 6.38. The molecule has 0 aromatic rings. The molecule has 1 aliphatic carbocycles. The van der Waals surface area contributed by atoms with Gasteiger partial charge in [-0.15, -0.1) is 0 Å². The summed E-state index contributed by atoms with van der Waals surface area (Å²) in [5, 5.41) is 3.79. The van der Waals surface area contributed by atoms with Gasteiger partial charge in [0.1, 0.15) is 0 Å². The van der Waals surface area contributed by atoms with Gasteiger partial charge in [-0.2, -0.15) is 0 Å². The lowest BCUT2D eigenvalue weighted by Gasteiger charge is -2.42. The van der Waals surface area contributed by atoms with Crippen LogP contribution in [0.15, 0.2) is 0 Å². The van der Waals surface area contributed by atoms with Crippen LogP contribution in [0.1, 0.15) is 57.8 Å². The van der Waals surface area contributed by atoms with Gasteiger partial charge in [0.15, 0.2) is 0 Å². The minimum atomic E-state index is 0.782. The molecule has 3 unspecified atom stereocenters. The van der Waals surface area contributed by atoms with E-state index in [9.17, 15) is 0 Å². The van der Waals surface area contributed by atoms with Crippen LogP contribution in [0.5, 0.6) is 0 Å². The van der Waals surface area contributed by atoms with Crippen molar-refractivity contribution in [3.05, 3.63) is 0 Å². The van der Waals surface area contributed by atoms with Gasteiger partial charge < -0.3 is 10.2 Å². The summed E-state index contributed by atoms with van der Waals surface area (Å²) in [5.41, 5.74) is 0. The van der Waals surface area contributed by atoms with Crippen molar-refractivity contribution in [1.82, 2.24) is 10.2 Å². The first-order valence-electron chi connectivity index (χ1n) is 8.36. The molecule has 3 fully saturated rings. The molecule has 1 N–H and O–H groups in total. The number of fused-ring (bicyclic) bond motifs is 2. The standard InChI is InChI=1S/C16H30N2/c1-2-4-9-17-16(8-3-1)13-18-11-14-6-5-7-15(10-14)12-18/h14-17H,1-13H2. The summed E-state index contributed by atoms with van der Waals surface area (Å²) in [7, 11) is 0.